The molecule has 0 radical (unpaired) electrons. The molecule has 2 aromatic rings. The van der Waals surface area contributed by atoms with Crippen molar-refractivity contribution in [3.8, 4) is 0 Å². The van der Waals surface area contributed by atoms with Crippen molar-refractivity contribution in [2.24, 2.45) is 0 Å². The molecule has 0 spiro atoms. The molecule has 25 heavy (non-hydrogen) atoms. The van der Waals surface area contributed by atoms with Gasteiger partial charge in [-0.3, -0.25) is 14.9 Å². The van der Waals surface area contributed by atoms with Crippen molar-refractivity contribution in [2.45, 2.75) is 19.9 Å². The second kappa shape index (κ2) is 8.91. The smallest absolute Gasteiger partial charge is 0.258 e. The fourth-order valence-corrected chi connectivity index (χ4v) is 2.90. The summed E-state index contributed by atoms with van der Waals surface area (Å²) in [5.74, 6) is -0.441. The van der Waals surface area contributed by atoms with E-state index >= 15 is 0 Å². The summed E-state index contributed by atoms with van der Waals surface area (Å²) in [5.41, 5.74) is 1.70. The Morgan fingerprint density at radius 2 is 1.76 bits per heavy atom. The standard InChI is InChI=1S/C18H18IN3O2S/c1-11(2)20-16(23)12-6-5-7-13(10-12)21-18(25)22-17(24)14-8-3-4-9-15(14)19/h3-11H,1-2H3,(H,20,23)(H2,21,22,24,25). The number of anilines is 1. The molecule has 3 N–H and O–H groups in total. The summed E-state index contributed by atoms with van der Waals surface area (Å²) in [5, 5.41) is 8.57. The van der Waals surface area contributed by atoms with Crippen LogP contribution < -0.4 is 16.0 Å². The van der Waals surface area contributed by atoms with Crippen LogP contribution in [0.3, 0.4) is 0 Å². The molecule has 2 amide bonds. The lowest BCUT2D eigenvalue weighted by Crippen LogP contribution is -2.34. The number of hydrogen-bond acceptors (Lipinski definition) is 3. The van der Waals surface area contributed by atoms with Gasteiger partial charge in [0.1, 0.15) is 0 Å². The second-order valence-corrected chi connectivity index (χ2v) is 7.17. The summed E-state index contributed by atoms with van der Waals surface area (Å²) in [6.07, 6.45) is 0. The van der Waals surface area contributed by atoms with Crippen LogP contribution in [0.1, 0.15) is 34.6 Å². The number of thiocarbonyl (C=S) groups is 1. The predicted octanol–water partition coefficient (Wildman–Crippen LogP) is 3.56. The van der Waals surface area contributed by atoms with Gasteiger partial charge in [0.05, 0.1) is 5.56 Å². The van der Waals surface area contributed by atoms with Crippen molar-refractivity contribution >= 4 is 57.4 Å². The van der Waals surface area contributed by atoms with Crippen LogP contribution in [0, 0.1) is 3.57 Å². The molecule has 7 heteroatoms. The zero-order valence-corrected chi connectivity index (χ0v) is 16.8. The van der Waals surface area contributed by atoms with E-state index in [0.29, 0.717) is 16.8 Å². The molecule has 5 nitrogen and oxygen atoms in total. The van der Waals surface area contributed by atoms with Gasteiger partial charge in [-0.15, -0.1) is 0 Å². The van der Waals surface area contributed by atoms with Gasteiger partial charge in [0.15, 0.2) is 5.11 Å². The van der Waals surface area contributed by atoms with Crippen LogP contribution in [0.4, 0.5) is 5.69 Å². The number of carbonyl (C=O) groups is 2. The zero-order valence-electron chi connectivity index (χ0n) is 13.8. The Morgan fingerprint density at radius 1 is 1.04 bits per heavy atom. The summed E-state index contributed by atoms with van der Waals surface area (Å²) in [6.45, 7) is 3.80. The Balaban J connectivity index is 2.02. The van der Waals surface area contributed by atoms with Gasteiger partial charge in [0.2, 0.25) is 0 Å². The lowest BCUT2D eigenvalue weighted by atomic mass is 10.2. The molecule has 0 fully saturated rings. The van der Waals surface area contributed by atoms with Gasteiger partial charge < -0.3 is 10.6 Å². The van der Waals surface area contributed by atoms with E-state index < -0.39 is 0 Å². The molecule has 0 atom stereocenters. The van der Waals surface area contributed by atoms with Gasteiger partial charge in [0, 0.05) is 20.9 Å². The third-order valence-electron chi connectivity index (χ3n) is 3.15. The topological polar surface area (TPSA) is 70.2 Å². The highest BCUT2D eigenvalue weighted by Gasteiger charge is 2.12. The largest absolute Gasteiger partial charge is 0.350 e. The highest BCUT2D eigenvalue weighted by atomic mass is 127. The molecule has 2 aromatic carbocycles. The molecule has 0 aliphatic carbocycles. The summed E-state index contributed by atoms with van der Waals surface area (Å²) in [6, 6.07) is 14.2. The van der Waals surface area contributed by atoms with E-state index in [9.17, 15) is 9.59 Å². The minimum Gasteiger partial charge on any atom is -0.350 e. The van der Waals surface area contributed by atoms with Gasteiger partial charge in [0.25, 0.3) is 11.8 Å². The molecule has 0 saturated heterocycles. The van der Waals surface area contributed by atoms with Gasteiger partial charge in [-0.25, -0.2) is 0 Å². The molecular formula is C18H18IN3O2S. The lowest BCUT2D eigenvalue weighted by Gasteiger charge is -2.12. The van der Waals surface area contributed by atoms with Crippen molar-refractivity contribution < 1.29 is 9.59 Å². The maximum absolute atomic E-state index is 12.3. The number of rotatable bonds is 4. The van der Waals surface area contributed by atoms with Crippen LogP contribution in [0.2, 0.25) is 0 Å². The van der Waals surface area contributed by atoms with Crippen LogP contribution in [0.15, 0.2) is 48.5 Å². The Hall–Kier alpha value is -2.00. The first-order valence-corrected chi connectivity index (χ1v) is 9.13. The summed E-state index contributed by atoms with van der Waals surface area (Å²) in [7, 11) is 0. The molecular weight excluding hydrogens is 449 g/mol. The second-order valence-electron chi connectivity index (χ2n) is 5.60. The molecule has 0 aliphatic heterocycles. The lowest BCUT2D eigenvalue weighted by molar-refractivity contribution is 0.0941. The minimum absolute atomic E-state index is 0.0535. The molecule has 0 bridgehead atoms. The number of amides is 2. The van der Waals surface area contributed by atoms with Crippen molar-refractivity contribution in [1.82, 2.24) is 10.6 Å². The summed E-state index contributed by atoms with van der Waals surface area (Å²) >= 11 is 7.29. The van der Waals surface area contributed by atoms with Crippen LogP contribution >= 0.6 is 34.8 Å². The molecule has 0 unspecified atom stereocenters. The Morgan fingerprint density at radius 3 is 2.44 bits per heavy atom. The number of hydrogen-bond donors (Lipinski definition) is 3. The minimum atomic E-state index is -0.281. The van der Waals surface area contributed by atoms with E-state index in [0.717, 1.165) is 3.57 Å². The van der Waals surface area contributed by atoms with Gasteiger partial charge >= 0.3 is 0 Å². The third kappa shape index (κ3) is 5.79. The van der Waals surface area contributed by atoms with Gasteiger partial charge in [-0.1, -0.05) is 18.2 Å². The zero-order chi connectivity index (χ0) is 18.4. The number of carbonyl (C=O) groups excluding carboxylic acids is 2. The highest BCUT2D eigenvalue weighted by Crippen LogP contribution is 2.13. The first-order chi connectivity index (χ1) is 11.9. The Labute approximate surface area is 165 Å². The SMILES string of the molecule is CC(C)NC(=O)c1cccc(NC(=S)NC(=O)c2ccccc2I)c1. The molecule has 0 aliphatic rings. The summed E-state index contributed by atoms with van der Waals surface area (Å²) < 4.78 is 0.841. The van der Waals surface area contributed by atoms with E-state index in [4.69, 9.17) is 12.2 Å². The quantitative estimate of drug-likeness (QED) is 0.475. The van der Waals surface area contributed by atoms with Crippen molar-refractivity contribution in [2.75, 3.05) is 5.32 Å². The molecule has 0 saturated carbocycles. The fourth-order valence-electron chi connectivity index (χ4n) is 2.06. The van der Waals surface area contributed by atoms with Crippen LogP contribution in [0.25, 0.3) is 0 Å². The van der Waals surface area contributed by atoms with Crippen molar-refractivity contribution in [3.63, 3.8) is 0 Å². The highest BCUT2D eigenvalue weighted by molar-refractivity contribution is 14.1. The first-order valence-electron chi connectivity index (χ1n) is 7.64. The Bertz CT molecular complexity index is 808. The van der Waals surface area contributed by atoms with Gasteiger partial charge in [-0.2, -0.15) is 0 Å². The first kappa shape index (κ1) is 19.3. The fraction of sp³-hybridized carbons (Fsp3) is 0.167. The van der Waals surface area contributed by atoms with E-state index in [2.05, 4.69) is 38.5 Å². The van der Waals surface area contributed by atoms with E-state index in [1.54, 1.807) is 36.4 Å². The third-order valence-corrected chi connectivity index (χ3v) is 4.29. The van der Waals surface area contributed by atoms with E-state index in [1.807, 2.05) is 26.0 Å². The van der Waals surface area contributed by atoms with Crippen LogP contribution in [-0.4, -0.2) is 23.0 Å². The maximum Gasteiger partial charge on any atom is 0.258 e. The van der Waals surface area contributed by atoms with Gasteiger partial charge in [-0.05, 0) is 79.0 Å². The Kier molecular flexibility index (Phi) is 6.89. The average Bonchev–Trinajstić information content (AvgIpc) is 2.54. The van der Waals surface area contributed by atoms with Crippen molar-refractivity contribution in [3.05, 3.63) is 63.2 Å². The van der Waals surface area contributed by atoms with Crippen LogP contribution in [-0.2, 0) is 0 Å². The number of halogens is 1. The predicted molar refractivity (Wildman–Crippen MR) is 112 cm³/mol. The van der Waals surface area contributed by atoms with Crippen molar-refractivity contribution in [1.29, 1.82) is 0 Å². The van der Waals surface area contributed by atoms with Crippen LogP contribution in [0.5, 0.6) is 0 Å². The monoisotopic (exact) mass is 467 g/mol. The molecule has 2 rings (SSSR count). The number of benzene rings is 2. The molecule has 0 heterocycles. The van der Waals surface area contributed by atoms with E-state index in [-0.39, 0.29) is 23.0 Å². The molecule has 0 aromatic heterocycles. The summed E-state index contributed by atoms with van der Waals surface area (Å²) in [4.78, 5) is 24.3. The average molecular weight is 467 g/mol. The van der Waals surface area contributed by atoms with E-state index in [1.165, 1.54) is 0 Å². The maximum atomic E-state index is 12.3. The molecule has 130 valence electrons. The normalized spacial score (nSPS) is 10.2. The number of nitrogens with one attached hydrogen (secondary N) is 3.